The lowest BCUT2D eigenvalue weighted by molar-refractivity contribution is 0.340. The molecule has 0 aromatic heterocycles. The molecule has 0 spiro atoms. The van der Waals surface area contributed by atoms with Crippen molar-refractivity contribution in [1.82, 2.24) is 0 Å². The zero-order valence-corrected chi connectivity index (χ0v) is 8.92. The normalized spacial score (nSPS) is 12.2. The molecule has 0 aliphatic rings. The summed E-state index contributed by atoms with van der Waals surface area (Å²) in [5, 5.41) is 0. The van der Waals surface area contributed by atoms with Crippen molar-refractivity contribution in [2.75, 3.05) is 6.61 Å². The Labute approximate surface area is 86.4 Å². The fraction of sp³-hybridized carbons (Fsp3) is 0.308. The molecule has 75 valence electrons. The van der Waals surface area contributed by atoms with Gasteiger partial charge in [0.05, 0.1) is 6.61 Å². The van der Waals surface area contributed by atoms with Crippen LogP contribution in [0, 0.1) is 13.8 Å². The van der Waals surface area contributed by atoms with Crippen molar-refractivity contribution in [1.29, 1.82) is 0 Å². The lowest BCUT2D eigenvalue weighted by atomic mass is 9.96. The van der Waals surface area contributed by atoms with E-state index < -0.39 is 0 Å². The van der Waals surface area contributed by atoms with Crippen molar-refractivity contribution < 1.29 is 4.74 Å². The molecule has 0 N–H and O–H groups in total. The van der Waals surface area contributed by atoms with E-state index in [4.69, 9.17) is 4.74 Å². The molecule has 14 heavy (non-hydrogen) atoms. The van der Waals surface area contributed by atoms with Crippen molar-refractivity contribution in [3.63, 3.8) is 0 Å². The smallest absolute Gasteiger partial charge is 0.119 e. The van der Waals surface area contributed by atoms with Crippen molar-refractivity contribution in [2.24, 2.45) is 0 Å². The highest BCUT2D eigenvalue weighted by Gasteiger charge is 2.06. The SMILES string of the molecule is [CH2]C(C=C)c1cc(OCC)ccc1C. The Bertz CT molecular complexity index is 315. The molecule has 1 heteroatoms. The van der Waals surface area contributed by atoms with Crippen LogP contribution in [0.2, 0.25) is 0 Å². The molecule has 0 bridgehead atoms. The van der Waals surface area contributed by atoms with E-state index in [9.17, 15) is 0 Å². The predicted molar refractivity (Wildman–Crippen MR) is 60.6 cm³/mol. The molecule has 0 aliphatic carbocycles. The van der Waals surface area contributed by atoms with Crippen LogP contribution in [-0.2, 0) is 0 Å². The van der Waals surface area contributed by atoms with Crippen LogP contribution in [0.5, 0.6) is 5.75 Å². The van der Waals surface area contributed by atoms with Gasteiger partial charge in [-0.2, -0.15) is 0 Å². The van der Waals surface area contributed by atoms with E-state index in [1.54, 1.807) is 0 Å². The van der Waals surface area contributed by atoms with E-state index >= 15 is 0 Å². The van der Waals surface area contributed by atoms with Gasteiger partial charge in [-0.25, -0.2) is 0 Å². The summed E-state index contributed by atoms with van der Waals surface area (Å²) in [6, 6.07) is 6.08. The van der Waals surface area contributed by atoms with E-state index in [0.717, 1.165) is 5.75 Å². The topological polar surface area (TPSA) is 9.23 Å². The lowest BCUT2D eigenvalue weighted by Gasteiger charge is -2.12. The number of benzene rings is 1. The fourth-order valence-electron chi connectivity index (χ4n) is 1.40. The Morgan fingerprint density at radius 3 is 2.79 bits per heavy atom. The van der Waals surface area contributed by atoms with Crippen LogP contribution in [0.3, 0.4) is 0 Å². The van der Waals surface area contributed by atoms with Crippen LogP contribution in [0.15, 0.2) is 30.9 Å². The van der Waals surface area contributed by atoms with Crippen LogP contribution >= 0.6 is 0 Å². The largest absolute Gasteiger partial charge is 0.494 e. The minimum absolute atomic E-state index is 0.135. The second-order valence-electron chi connectivity index (χ2n) is 3.29. The van der Waals surface area contributed by atoms with Gasteiger partial charge >= 0.3 is 0 Å². The monoisotopic (exact) mass is 189 g/mol. The van der Waals surface area contributed by atoms with Crippen molar-refractivity contribution in [3.05, 3.63) is 48.9 Å². The maximum absolute atomic E-state index is 5.43. The highest BCUT2D eigenvalue weighted by molar-refractivity contribution is 5.39. The summed E-state index contributed by atoms with van der Waals surface area (Å²) in [5.74, 6) is 1.04. The quantitative estimate of drug-likeness (QED) is 0.659. The molecule has 1 radical (unpaired) electrons. The average molecular weight is 189 g/mol. The zero-order chi connectivity index (χ0) is 10.6. The summed E-state index contributed by atoms with van der Waals surface area (Å²) in [7, 11) is 0. The standard InChI is InChI=1S/C13H17O/c1-5-10(3)13-9-12(14-6-2)8-7-11(13)4/h5,7-10H,1,3,6H2,2,4H3. The highest BCUT2D eigenvalue weighted by atomic mass is 16.5. The van der Waals surface area contributed by atoms with Gasteiger partial charge in [0, 0.05) is 5.92 Å². The van der Waals surface area contributed by atoms with E-state index in [1.165, 1.54) is 11.1 Å². The van der Waals surface area contributed by atoms with Crippen LogP contribution in [0.25, 0.3) is 0 Å². The Morgan fingerprint density at radius 2 is 2.21 bits per heavy atom. The minimum atomic E-state index is 0.135. The third kappa shape index (κ3) is 2.38. The van der Waals surface area contributed by atoms with E-state index in [0.29, 0.717) is 6.61 Å². The summed E-state index contributed by atoms with van der Waals surface area (Å²) < 4.78 is 5.43. The summed E-state index contributed by atoms with van der Waals surface area (Å²) >= 11 is 0. The number of ether oxygens (including phenoxy) is 1. The number of aryl methyl sites for hydroxylation is 1. The number of hydrogen-bond acceptors (Lipinski definition) is 1. The van der Waals surface area contributed by atoms with Crippen molar-refractivity contribution in [3.8, 4) is 5.75 Å². The average Bonchev–Trinajstić information content (AvgIpc) is 2.20. The predicted octanol–water partition coefficient (Wildman–Crippen LogP) is 3.50. The lowest BCUT2D eigenvalue weighted by Crippen LogP contribution is -1.97. The van der Waals surface area contributed by atoms with Gasteiger partial charge in [-0.1, -0.05) is 12.1 Å². The number of allylic oxidation sites excluding steroid dienone is 1. The second kappa shape index (κ2) is 4.85. The van der Waals surface area contributed by atoms with E-state index in [-0.39, 0.29) is 5.92 Å². The molecule has 0 amide bonds. The minimum Gasteiger partial charge on any atom is -0.494 e. The van der Waals surface area contributed by atoms with Gasteiger partial charge in [0.1, 0.15) is 5.75 Å². The molecule has 0 aliphatic heterocycles. The second-order valence-corrected chi connectivity index (χ2v) is 3.29. The maximum atomic E-state index is 5.43. The van der Waals surface area contributed by atoms with Crippen molar-refractivity contribution >= 4 is 0 Å². The summed E-state index contributed by atoms with van der Waals surface area (Å²) in [6.45, 7) is 12.5. The van der Waals surface area contributed by atoms with Crippen LogP contribution in [0.4, 0.5) is 0 Å². The van der Waals surface area contributed by atoms with Gasteiger partial charge < -0.3 is 4.74 Å². The Balaban J connectivity index is 3.01. The van der Waals surface area contributed by atoms with Gasteiger partial charge in [0.2, 0.25) is 0 Å². The van der Waals surface area contributed by atoms with Crippen LogP contribution < -0.4 is 4.74 Å². The molecule has 0 saturated carbocycles. The molecule has 1 unspecified atom stereocenters. The van der Waals surface area contributed by atoms with Crippen LogP contribution in [-0.4, -0.2) is 6.61 Å². The Morgan fingerprint density at radius 1 is 1.50 bits per heavy atom. The molecule has 0 saturated heterocycles. The first kappa shape index (κ1) is 10.8. The molecule has 1 atom stereocenters. The molecule has 0 heterocycles. The molecule has 1 aromatic rings. The highest BCUT2D eigenvalue weighted by Crippen LogP contribution is 2.24. The van der Waals surface area contributed by atoms with E-state index in [2.05, 4.69) is 26.5 Å². The van der Waals surface area contributed by atoms with Gasteiger partial charge in [-0.15, -0.1) is 6.58 Å². The van der Waals surface area contributed by atoms with E-state index in [1.807, 2.05) is 25.1 Å². The Kier molecular flexibility index (Phi) is 3.75. The first-order chi connectivity index (χ1) is 6.69. The third-order valence-electron chi connectivity index (χ3n) is 2.25. The maximum Gasteiger partial charge on any atom is 0.119 e. The zero-order valence-electron chi connectivity index (χ0n) is 8.92. The molecular formula is C13H17O. The molecule has 1 rings (SSSR count). The molecule has 1 nitrogen and oxygen atoms in total. The van der Waals surface area contributed by atoms with Gasteiger partial charge in [-0.3, -0.25) is 0 Å². The fourth-order valence-corrected chi connectivity index (χ4v) is 1.40. The van der Waals surface area contributed by atoms with Gasteiger partial charge in [0.15, 0.2) is 0 Å². The summed E-state index contributed by atoms with van der Waals surface area (Å²) in [4.78, 5) is 0. The first-order valence-corrected chi connectivity index (χ1v) is 4.88. The number of rotatable bonds is 4. The Hall–Kier alpha value is -1.24. The van der Waals surface area contributed by atoms with Gasteiger partial charge in [0.25, 0.3) is 0 Å². The third-order valence-corrected chi connectivity index (χ3v) is 2.25. The van der Waals surface area contributed by atoms with Crippen LogP contribution in [0.1, 0.15) is 24.0 Å². The number of hydrogen-bond donors (Lipinski definition) is 0. The molecule has 1 aromatic carbocycles. The first-order valence-electron chi connectivity index (χ1n) is 4.88. The van der Waals surface area contributed by atoms with Gasteiger partial charge in [-0.05, 0) is 44.0 Å². The molecular weight excluding hydrogens is 172 g/mol. The molecule has 0 fully saturated rings. The summed E-state index contributed by atoms with van der Waals surface area (Å²) in [5.41, 5.74) is 2.42. The van der Waals surface area contributed by atoms with Crippen molar-refractivity contribution in [2.45, 2.75) is 19.8 Å². The summed E-state index contributed by atoms with van der Waals surface area (Å²) in [6.07, 6.45) is 1.85.